The van der Waals surface area contributed by atoms with Crippen LogP contribution in [0.1, 0.15) is 16.8 Å². The van der Waals surface area contributed by atoms with Crippen molar-refractivity contribution in [1.29, 1.82) is 0 Å². The lowest BCUT2D eigenvalue weighted by Crippen LogP contribution is -2.33. The Labute approximate surface area is 144 Å². The first kappa shape index (κ1) is 20.9. The van der Waals surface area contributed by atoms with E-state index in [1.165, 1.54) is 40.5 Å². The summed E-state index contributed by atoms with van der Waals surface area (Å²) in [6, 6.07) is 3.01. The number of carbonyl (C=O) groups excluding carboxylic acids is 1. The summed E-state index contributed by atoms with van der Waals surface area (Å²) in [7, 11) is 5.72. The van der Waals surface area contributed by atoms with Crippen LogP contribution in [0.3, 0.4) is 0 Å². The molecule has 0 saturated heterocycles. The maximum absolute atomic E-state index is 12.2. The van der Waals surface area contributed by atoms with Gasteiger partial charge < -0.3 is 19.5 Å². The molecular weight excluding hydrogens is 341 g/mol. The van der Waals surface area contributed by atoms with Gasteiger partial charge in [0.1, 0.15) is 0 Å². The van der Waals surface area contributed by atoms with Crippen LogP contribution in [0.15, 0.2) is 12.1 Å². The van der Waals surface area contributed by atoms with Gasteiger partial charge in [-0.25, -0.2) is 0 Å². The van der Waals surface area contributed by atoms with Crippen molar-refractivity contribution in [3.63, 3.8) is 0 Å². The minimum atomic E-state index is -4.23. The molecule has 0 radical (unpaired) electrons. The van der Waals surface area contributed by atoms with Gasteiger partial charge >= 0.3 is 6.18 Å². The van der Waals surface area contributed by atoms with E-state index in [-0.39, 0.29) is 19.0 Å². The summed E-state index contributed by atoms with van der Waals surface area (Å²) in [4.78, 5) is 13.4. The van der Waals surface area contributed by atoms with Crippen molar-refractivity contribution in [2.24, 2.45) is 0 Å². The third-order valence-corrected chi connectivity index (χ3v) is 3.38. The number of hydrogen-bond donors (Lipinski definition) is 1. The van der Waals surface area contributed by atoms with E-state index in [1.807, 2.05) is 0 Å². The Balaban J connectivity index is 2.60. The molecule has 142 valence electrons. The van der Waals surface area contributed by atoms with Crippen molar-refractivity contribution in [3.05, 3.63) is 17.7 Å². The summed E-state index contributed by atoms with van der Waals surface area (Å²) in [5.74, 6) is 0.682. The molecule has 0 heterocycles. The van der Waals surface area contributed by atoms with Gasteiger partial charge in [0.05, 0.1) is 27.9 Å². The average Bonchev–Trinajstić information content (AvgIpc) is 2.55. The van der Waals surface area contributed by atoms with Gasteiger partial charge in [-0.1, -0.05) is 0 Å². The van der Waals surface area contributed by atoms with E-state index < -0.39 is 12.7 Å². The van der Waals surface area contributed by atoms with Crippen molar-refractivity contribution in [3.8, 4) is 17.2 Å². The lowest BCUT2D eigenvalue weighted by Gasteiger charge is -2.18. The summed E-state index contributed by atoms with van der Waals surface area (Å²) < 4.78 is 52.2. The Hall–Kier alpha value is -2.16. The monoisotopic (exact) mass is 364 g/mol. The average molecular weight is 364 g/mol. The number of nitrogens with zero attached hydrogens (tertiary/aromatic N) is 1. The summed E-state index contributed by atoms with van der Waals surface area (Å²) in [5.41, 5.74) is 0.304. The first-order valence-corrected chi connectivity index (χ1v) is 7.55. The van der Waals surface area contributed by atoms with E-state index in [1.54, 1.807) is 0 Å². The van der Waals surface area contributed by atoms with Crippen LogP contribution in [-0.4, -0.2) is 65.0 Å². The van der Waals surface area contributed by atoms with Gasteiger partial charge in [-0.2, -0.15) is 13.2 Å². The van der Waals surface area contributed by atoms with Crippen LogP contribution in [0.4, 0.5) is 13.2 Å². The van der Waals surface area contributed by atoms with Crippen molar-refractivity contribution >= 4 is 5.91 Å². The Morgan fingerprint density at radius 1 is 1.12 bits per heavy atom. The summed E-state index contributed by atoms with van der Waals surface area (Å²) >= 11 is 0. The van der Waals surface area contributed by atoms with E-state index in [0.717, 1.165) is 4.90 Å². The number of amides is 1. The van der Waals surface area contributed by atoms with Crippen molar-refractivity contribution in [2.45, 2.75) is 12.6 Å². The minimum absolute atomic E-state index is 0.217. The second kappa shape index (κ2) is 9.36. The second-order valence-corrected chi connectivity index (χ2v) is 5.38. The molecule has 1 amide bonds. The normalized spacial score (nSPS) is 11.4. The molecule has 0 unspecified atom stereocenters. The zero-order valence-corrected chi connectivity index (χ0v) is 14.7. The highest BCUT2D eigenvalue weighted by Gasteiger charge is 2.28. The molecule has 0 aliphatic heterocycles. The lowest BCUT2D eigenvalue weighted by molar-refractivity contribution is -0.143. The Morgan fingerprint density at radius 3 is 2.12 bits per heavy atom. The number of nitrogens with one attached hydrogen (secondary N) is 1. The highest BCUT2D eigenvalue weighted by atomic mass is 19.4. The van der Waals surface area contributed by atoms with Crippen LogP contribution in [0.25, 0.3) is 0 Å². The maximum Gasteiger partial charge on any atom is 0.401 e. The van der Waals surface area contributed by atoms with Gasteiger partial charge in [0, 0.05) is 12.1 Å². The molecule has 0 aromatic heterocycles. The first-order chi connectivity index (χ1) is 11.7. The minimum Gasteiger partial charge on any atom is -0.493 e. The molecule has 0 saturated carbocycles. The molecule has 1 aromatic rings. The van der Waals surface area contributed by atoms with Gasteiger partial charge in [0.15, 0.2) is 11.5 Å². The zero-order valence-electron chi connectivity index (χ0n) is 14.7. The molecule has 0 aliphatic rings. The molecule has 1 aromatic carbocycles. The standard InChI is InChI=1S/C16H23F3N2O4/c1-21(10-16(17,18)19)7-5-6-20-15(22)11-8-12(23-2)14(25-4)13(9-11)24-3/h8-9H,5-7,10H2,1-4H3,(H,20,22). The third-order valence-electron chi connectivity index (χ3n) is 3.38. The zero-order chi connectivity index (χ0) is 19.0. The van der Waals surface area contributed by atoms with Crippen LogP contribution < -0.4 is 19.5 Å². The van der Waals surface area contributed by atoms with Crippen molar-refractivity contribution in [1.82, 2.24) is 10.2 Å². The van der Waals surface area contributed by atoms with E-state index in [0.29, 0.717) is 29.2 Å². The predicted octanol–water partition coefficient (Wildman–Crippen LogP) is 2.33. The molecule has 25 heavy (non-hydrogen) atoms. The molecule has 6 nitrogen and oxygen atoms in total. The lowest BCUT2D eigenvalue weighted by atomic mass is 10.1. The number of benzene rings is 1. The van der Waals surface area contributed by atoms with Crippen LogP contribution in [0.5, 0.6) is 17.2 Å². The number of alkyl halides is 3. The molecule has 1 N–H and O–H groups in total. The fourth-order valence-corrected chi connectivity index (χ4v) is 2.25. The second-order valence-electron chi connectivity index (χ2n) is 5.38. The summed E-state index contributed by atoms with van der Waals surface area (Å²) in [6.07, 6.45) is -3.84. The quantitative estimate of drug-likeness (QED) is 0.682. The smallest absolute Gasteiger partial charge is 0.401 e. The van der Waals surface area contributed by atoms with Gasteiger partial charge in [0.25, 0.3) is 5.91 Å². The van der Waals surface area contributed by atoms with Crippen molar-refractivity contribution in [2.75, 3.05) is 48.0 Å². The number of ether oxygens (including phenoxy) is 3. The van der Waals surface area contributed by atoms with Gasteiger partial charge in [-0.05, 0) is 32.1 Å². The third kappa shape index (κ3) is 6.69. The number of halogens is 3. The molecular formula is C16H23F3N2O4. The number of methoxy groups -OCH3 is 3. The topological polar surface area (TPSA) is 60.0 Å². The highest BCUT2D eigenvalue weighted by molar-refractivity contribution is 5.95. The van der Waals surface area contributed by atoms with Gasteiger partial charge in [0.2, 0.25) is 5.75 Å². The Kier molecular flexibility index (Phi) is 7.82. The number of hydrogen-bond acceptors (Lipinski definition) is 5. The fourth-order valence-electron chi connectivity index (χ4n) is 2.25. The van der Waals surface area contributed by atoms with Crippen LogP contribution in [0.2, 0.25) is 0 Å². The molecule has 0 fully saturated rings. The van der Waals surface area contributed by atoms with Crippen LogP contribution in [-0.2, 0) is 0 Å². The van der Waals surface area contributed by atoms with E-state index in [9.17, 15) is 18.0 Å². The maximum atomic E-state index is 12.2. The molecule has 0 aliphatic carbocycles. The molecule has 0 atom stereocenters. The van der Waals surface area contributed by atoms with E-state index in [2.05, 4.69) is 5.32 Å². The molecule has 9 heteroatoms. The predicted molar refractivity (Wildman–Crippen MR) is 86.6 cm³/mol. The molecule has 1 rings (SSSR count). The van der Waals surface area contributed by atoms with E-state index in [4.69, 9.17) is 14.2 Å². The van der Waals surface area contributed by atoms with Crippen molar-refractivity contribution < 1.29 is 32.2 Å². The SMILES string of the molecule is COc1cc(C(=O)NCCCN(C)CC(F)(F)F)cc(OC)c1OC. The number of rotatable bonds is 9. The molecule has 0 spiro atoms. The molecule has 0 bridgehead atoms. The van der Waals surface area contributed by atoms with Crippen LogP contribution >= 0.6 is 0 Å². The first-order valence-electron chi connectivity index (χ1n) is 7.55. The van der Waals surface area contributed by atoms with Gasteiger partial charge in [-0.3, -0.25) is 9.69 Å². The summed E-state index contributed by atoms with van der Waals surface area (Å²) in [5, 5.41) is 2.66. The number of carbonyl (C=O) groups is 1. The summed E-state index contributed by atoms with van der Waals surface area (Å²) in [6.45, 7) is -0.513. The highest BCUT2D eigenvalue weighted by Crippen LogP contribution is 2.38. The Bertz CT molecular complexity index is 554. The van der Waals surface area contributed by atoms with Crippen LogP contribution in [0, 0.1) is 0 Å². The van der Waals surface area contributed by atoms with E-state index >= 15 is 0 Å². The fraction of sp³-hybridized carbons (Fsp3) is 0.562. The van der Waals surface area contributed by atoms with Gasteiger partial charge in [-0.15, -0.1) is 0 Å². The Morgan fingerprint density at radius 2 is 1.68 bits per heavy atom. The largest absolute Gasteiger partial charge is 0.493 e.